The summed E-state index contributed by atoms with van der Waals surface area (Å²) in [5.74, 6) is 0. The molecule has 0 unspecified atom stereocenters. The van der Waals surface area contributed by atoms with Crippen LogP contribution in [-0.4, -0.2) is 19.3 Å². The highest BCUT2D eigenvalue weighted by Crippen LogP contribution is 2.11. The van der Waals surface area contributed by atoms with E-state index >= 15 is 0 Å². The van der Waals surface area contributed by atoms with Gasteiger partial charge in [0.2, 0.25) is 0 Å². The third-order valence-corrected chi connectivity index (χ3v) is 2.95. The van der Waals surface area contributed by atoms with Crippen LogP contribution in [0, 0.1) is 6.92 Å². The second kappa shape index (κ2) is 3.80. The van der Waals surface area contributed by atoms with E-state index in [4.69, 9.17) is 0 Å². The second-order valence-corrected chi connectivity index (χ2v) is 4.16. The van der Waals surface area contributed by atoms with Crippen LogP contribution in [0.15, 0.2) is 41.5 Å². The average Bonchev–Trinajstić information content (AvgIpc) is 2.67. The van der Waals surface area contributed by atoms with Crippen molar-refractivity contribution in [1.29, 1.82) is 0 Å². The zero-order valence-electron chi connectivity index (χ0n) is 10.2. The molecule has 0 atom stereocenters. The Bertz CT molecular complexity index is 771. The number of para-hydroxylation sites is 1. The third kappa shape index (κ3) is 1.44. The standard InChI is InChI=1S/C13H12N4O/c1-9-11-12(16(2)15-9)13(18)17(8-14-11)10-6-4-3-5-7-10/h3-8H,1-2H3. The largest absolute Gasteiger partial charge is 0.284 e. The first-order chi connectivity index (χ1) is 8.68. The van der Waals surface area contributed by atoms with Crippen molar-refractivity contribution in [2.24, 2.45) is 7.05 Å². The molecule has 0 spiro atoms. The summed E-state index contributed by atoms with van der Waals surface area (Å²) in [6.07, 6.45) is 1.55. The molecule has 5 heteroatoms. The summed E-state index contributed by atoms with van der Waals surface area (Å²) in [4.78, 5) is 16.7. The molecule has 0 aliphatic carbocycles. The molecule has 90 valence electrons. The number of aromatic nitrogens is 4. The van der Waals surface area contributed by atoms with Gasteiger partial charge < -0.3 is 0 Å². The summed E-state index contributed by atoms with van der Waals surface area (Å²) >= 11 is 0. The topological polar surface area (TPSA) is 52.7 Å². The summed E-state index contributed by atoms with van der Waals surface area (Å²) in [7, 11) is 1.76. The second-order valence-electron chi connectivity index (χ2n) is 4.16. The first-order valence-corrected chi connectivity index (χ1v) is 5.65. The molecule has 0 radical (unpaired) electrons. The normalized spacial score (nSPS) is 11.0. The molecule has 2 heterocycles. The molecule has 2 aromatic heterocycles. The van der Waals surface area contributed by atoms with Crippen molar-refractivity contribution in [3.63, 3.8) is 0 Å². The summed E-state index contributed by atoms with van der Waals surface area (Å²) in [5.41, 5.74) is 2.66. The molecule has 5 nitrogen and oxygen atoms in total. The van der Waals surface area contributed by atoms with Gasteiger partial charge in [-0.1, -0.05) is 18.2 Å². The van der Waals surface area contributed by atoms with E-state index in [1.165, 1.54) is 4.57 Å². The molecule has 3 aromatic rings. The van der Waals surface area contributed by atoms with E-state index in [1.54, 1.807) is 18.1 Å². The van der Waals surface area contributed by atoms with Crippen molar-refractivity contribution >= 4 is 11.0 Å². The van der Waals surface area contributed by atoms with Crippen LogP contribution in [0.5, 0.6) is 0 Å². The average molecular weight is 240 g/mol. The van der Waals surface area contributed by atoms with Gasteiger partial charge in [-0.15, -0.1) is 0 Å². The van der Waals surface area contributed by atoms with Gasteiger partial charge in [-0.2, -0.15) is 5.10 Å². The highest BCUT2D eigenvalue weighted by molar-refractivity contribution is 5.76. The zero-order chi connectivity index (χ0) is 12.7. The molecule has 3 rings (SSSR count). The van der Waals surface area contributed by atoms with Crippen molar-refractivity contribution in [2.45, 2.75) is 6.92 Å². The molecular formula is C13H12N4O. The van der Waals surface area contributed by atoms with Crippen LogP contribution < -0.4 is 5.56 Å². The van der Waals surface area contributed by atoms with Crippen molar-refractivity contribution in [3.8, 4) is 5.69 Å². The van der Waals surface area contributed by atoms with Gasteiger partial charge in [0.25, 0.3) is 5.56 Å². The van der Waals surface area contributed by atoms with Crippen LogP contribution >= 0.6 is 0 Å². The maximum atomic E-state index is 12.4. The Kier molecular flexibility index (Phi) is 2.26. The number of hydrogen-bond acceptors (Lipinski definition) is 3. The molecule has 0 fully saturated rings. The number of benzene rings is 1. The SMILES string of the molecule is Cc1nn(C)c2c(=O)n(-c3ccccc3)cnc12. The van der Waals surface area contributed by atoms with E-state index in [1.807, 2.05) is 37.3 Å². The quantitative estimate of drug-likeness (QED) is 0.646. The van der Waals surface area contributed by atoms with Gasteiger partial charge in [0.15, 0.2) is 5.52 Å². The lowest BCUT2D eigenvalue weighted by molar-refractivity contribution is 0.775. The minimum Gasteiger partial charge on any atom is -0.266 e. The van der Waals surface area contributed by atoms with Crippen LogP contribution in [0.3, 0.4) is 0 Å². The minimum atomic E-state index is -0.102. The molecule has 18 heavy (non-hydrogen) atoms. The number of hydrogen-bond donors (Lipinski definition) is 0. The molecule has 0 N–H and O–H groups in total. The summed E-state index contributed by atoms with van der Waals surface area (Å²) in [5, 5.41) is 4.23. The lowest BCUT2D eigenvalue weighted by Crippen LogP contribution is -2.20. The first-order valence-electron chi connectivity index (χ1n) is 5.65. The van der Waals surface area contributed by atoms with Gasteiger partial charge in [0.05, 0.1) is 11.4 Å². The van der Waals surface area contributed by atoms with Gasteiger partial charge in [0.1, 0.15) is 11.8 Å². The third-order valence-electron chi connectivity index (χ3n) is 2.95. The van der Waals surface area contributed by atoms with E-state index in [9.17, 15) is 4.79 Å². The van der Waals surface area contributed by atoms with Gasteiger partial charge in [-0.05, 0) is 19.1 Å². The van der Waals surface area contributed by atoms with Crippen LogP contribution in [-0.2, 0) is 7.05 Å². The van der Waals surface area contributed by atoms with E-state index in [0.29, 0.717) is 11.0 Å². The smallest absolute Gasteiger partial charge is 0.266 e. The fraction of sp³-hybridized carbons (Fsp3) is 0.154. The Hall–Kier alpha value is -2.43. The van der Waals surface area contributed by atoms with Gasteiger partial charge >= 0.3 is 0 Å². The van der Waals surface area contributed by atoms with Crippen LogP contribution in [0.2, 0.25) is 0 Å². The minimum absolute atomic E-state index is 0.102. The van der Waals surface area contributed by atoms with E-state index < -0.39 is 0 Å². The number of rotatable bonds is 1. The van der Waals surface area contributed by atoms with Crippen molar-refractivity contribution in [2.75, 3.05) is 0 Å². The Morgan fingerprint density at radius 2 is 1.89 bits per heavy atom. The lowest BCUT2D eigenvalue weighted by Gasteiger charge is -2.04. The number of aryl methyl sites for hydroxylation is 2. The molecule has 0 saturated heterocycles. The molecule has 1 aromatic carbocycles. The summed E-state index contributed by atoms with van der Waals surface area (Å²) < 4.78 is 3.11. The Morgan fingerprint density at radius 3 is 2.61 bits per heavy atom. The fourth-order valence-electron chi connectivity index (χ4n) is 2.10. The number of nitrogens with zero attached hydrogens (tertiary/aromatic N) is 4. The van der Waals surface area contributed by atoms with Gasteiger partial charge in [0, 0.05) is 7.05 Å². The molecule has 0 aliphatic heterocycles. The van der Waals surface area contributed by atoms with Crippen molar-refractivity contribution in [3.05, 3.63) is 52.7 Å². The molecular weight excluding hydrogens is 228 g/mol. The summed E-state index contributed by atoms with van der Waals surface area (Å²) in [6, 6.07) is 9.44. The predicted molar refractivity (Wildman–Crippen MR) is 68.8 cm³/mol. The molecule has 0 saturated carbocycles. The fourth-order valence-corrected chi connectivity index (χ4v) is 2.10. The zero-order valence-corrected chi connectivity index (χ0v) is 10.2. The van der Waals surface area contributed by atoms with E-state index in [0.717, 1.165) is 11.4 Å². The maximum absolute atomic E-state index is 12.4. The van der Waals surface area contributed by atoms with E-state index in [2.05, 4.69) is 10.1 Å². The molecule has 0 amide bonds. The highest BCUT2D eigenvalue weighted by atomic mass is 16.1. The Balaban J connectivity index is 2.37. The summed E-state index contributed by atoms with van der Waals surface area (Å²) in [6.45, 7) is 1.85. The van der Waals surface area contributed by atoms with E-state index in [-0.39, 0.29) is 5.56 Å². The Labute approximate surface area is 103 Å². The first kappa shape index (κ1) is 10.7. The lowest BCUT2D eigenvalue weighted by atomic mass is 10.3. The maximum Gasteiger partial charge on any atom is 0.284 e. The van der Waals surface area contributed by atoms with Crippen LogP contribution in [0.25, 0.3) is 16.7 Å². The van der Waals surface area contributed by atoms with Crippen molar-refractivity contribution in [1.82, 2.24) is 19.3 Å². The molecule has 0 bridgehead atoms. The highest BCUT2D eigenvalue weighted by Gasteiger charge is 2.12. The van der Waals surface area contributed by atoms with Crippen LogP contribution in [0.4, 0.5) is 0 Å². The van der Waals surface area contributed by atoms with Crippen LogP contribution in [0.1, 0.15) is 5.69 Å². The van der Waals surface area contributed by atoms with Gasteiger partial charge in [-0.3, -0.25) is 14.0 Å². The molecule has 0 aliphatic rings. The van der Waals surface area contributed by atoms with Crippen molar-refractivity contribution < 1.29 is 0 Å². The monoisotopic (exact) mass is 240 g/mol. The number of fused-ring (bicyclic) bond motifs is 1. The predicted octanol–water partition coefficient (Wildman–Crippen LogP) is 1.43. The van der Waals surface area contributed by atoms with Gasteiger partial charge in [-0.25, -0.2) is 4.98 Å². The Morgan fingerprint density at radius 1 is 1.17 bits per heavy atom.